The molecule has 6 heteroatoms. The quantitative estimate of drug-likeness (QED) is 0.857. The molecule has 5 nitrogen and oxygen atoms in total. The average Bonchev–Trinajstić information content (AvgIpc) is 2.68. The van der Waals surface area contributed by atoms with Crippen LogP contribution >= 0.6 is 0 Å². The van der Waals surface area contributed by atoms with Crippen molar-refractivity contribution in [2.75, 3.05) is 13.1 Å². The lowest BCUT2D eigenvalue weighted by atomic mass is 9.92. The van der Waals surface area contributed by atoms with Gasteiger partial charge in [-0.15, -0.1) is 0 Å². The Balaban J connectivity index is 1.72. The van der Waals surface area contributed by atoms with Gasteiger partial charge in [-0.3, -0.25) is 4.79 Å². The Morgan fingerprint density at radius 1 is 1.15 bits per heavy atom. The summed E-state index contributed by atoms with van der Waals surface area (Å²) in [6, 6.07) is 15.4. The number of likely N-dealkylation sites (tertiary alicyclic amines) is 1. The maximum Gasteiger partial charge on any atom is 0.253 e. The first kappa shape index (κ1) is 19.6. The predicted octanol–water partition coefficient (Wildman–Crippen LogP) is 2.86. The highest BCUT2D eigenvalue weighted by Gasteiger charge is 2.26. The lowest BCUT2D eigenvalue weighted by Gasteiger charge is -2.34. The van der Waals surface area contributed by atoms with E-state index in [4.69, 9.17) is 5.73 Å². The van der Waals surface area contributed by atoms with Crippen LogP contribution in [-0.4, -0.2) is 38.4 Å². The minimum absolute atomic E-state index is 0.0523. The van der Waals surface area contributed by atoms with Crippen LogP contribution in [0.1, 0.15) is 35.7 Å². The van der Waals surface area contributed by atoms with Crippen LogP contribution in [0.15, 0.2) is 59.5 Å². The topological polar surface area (TPSA) is 80.5 Å². The molecule has 0 radical (unpaired) electrons. The highest BCUT2D eigenvalue weighted by Crippen LogP contribution is 2.22. The molecule has 1 aliphatic rings. The summed E-state index contributed by atoms with van der Waals surface area (Å²) in [5.41, 5.74) is 7.25. The van der Waals surface area contributed by atoms with E-state index in [1.807, 2.05) is 30.0 Å². The number of nitrogens with zero attached hydrogens (tertiary/aromatic N) is 1. The van der Waals surface area contributed by atoms with Crippen molar-refractivity contribution in [3.8, 4) is 0 Å². The van der Waals surface area contributed by atoms with Gasteiger partial charge < -0.3 is 10.6 Å². The van der Waals surface area contributed by atoms with Crippen molar-refractivity contribution in [2.45, 2.75) is 36.5 Å². The maximum absolute atomic E-state index is 12.8. The van der Waals surface area contributed by atoms with Crippen LogP contribution in [0, 0.1) is 5.92 Å². The van der Waals surface area contributed by atoms with Crippen LogP contribution in [0.25, 0.3) is 0 Å². The molecule has 1 saturated heterocycles. The number of benzene rings is 2. The van der Waals surface area contributed by atoms with Gasteiger partial charge in [-0.25, -0.2) is 8.42 Å². The zero-order valence-electron chi connectivity index (χ0n) is 15.5. The first-order valence-electron chi connectivity index (χ1n) is 9.28. The van der Waals surface area contributed by atoms with Crippen LogP contribution < -0.4 is 5.73 Å². The zero-order chi connectivity index (χ0) is 19.4. The summed E-state index contributed by atoms with van der Waals surface area (Å²) in [6.07, 6.45) is 1.99. The summed E-state index contributed by atoms with van der Waals surface area (Å²) in [5, 5.41) is 0. The van der Waals surface area contributed by atoms with Crippen LogP contribution in [-0.2, 0) is 15.6 Å². The lowest BCUT2D eigenvalue weighted by Crippen LogP contribution is -2.45. The molecule has 2 atom stereocenters. The smallest absolute Gasteiger partial charge is 0.253 e. The summed E-state index contributed by atoms with van der Waals surface area (Å²) in [4.78, 5) is 14.8. The second kappa shape index (κ2) is 8.23. The fourth-order valence-corrected chi connectivity index (χ4v) is 4.84. The van der Waals surface area contributed by atoms with Crippen LogP contribution in [0.5, 0.6) is 0 Å². The van der Waals surface area contributed by atoms with E-state index in [2.05, 4.69) is 0 Å². The third-order valence-corrected chi connectivity index (χ3v) is 6.85. The molecular formula is C21H26N2O3S. The molecule has 0 bridgehead atoms. The molecular weight excluding hydrogens is 360 g/mol. The van der Waals surface area contributed by atoms with Gasteiger partial charge in [0.2, 0.25) is 0 Å². The van der Waals surface area contributed by atoms with E-state index in [9.17, 15) is 13.2 Å². The molecule has 0 aromatic heterocycles. The van der Waals surface area contributed by atoms with Crippen molar-refractivity contribution in [3.05, 3.63) is 65.7 Å². The predicted molar refractivity (Wildman–Crippen MR) is 106 cm³/mol. The molecule has 2 N–H and O–H groups in total. The molecule has 2 aromatic carbocycles. The van der Waals surface area contributed by atoms with Gasteiger partial charge >= 0.3 is 0 Å². The molecule has 27 heavy (non-hydrogen) atoms. The summed E-state index contributed by atoms with van der Waals surface area (Å²) in [7, 11) is -3.44. The summed E-state index contributed by atoms with van der Waals surface area (Å²) < 4.78 is 25.2. The Bertz CT molecular complexity index is 877. The van der Waals surface area contributed by atoms with Gasteiger partial charge in [0.05, 0.1) is 10.6 Å². The molecule has 0 aliphatic carbocycles. The molecule has 0 unspecified atom stereocenters. The minimum atomic E-state index is -3.44. The number of carbonyl (C=O) groups is 1. The van der Waals surface area contributed by atoms with Crippen LogP contribution in [0.2, 0.25) is 0 Å². The van der Waals surface area contributed by atoms with Crippen LogP contribution in [0.4, 0.5) is 0 Å². The molecule has 2 aromatic rings. The Morgan fingerprint density at radius 3 is 2.44 bits per heavy atom. The number of amides is 1. The van der Waals surface area contributed by atoms with Gasteiger partial charge in [0.15, 0.2) is 9.84 Å². The number of piperidine rings is 1. The van der Waals surface area contributed by atoms with Gasteiger partial charge in [-0.05, 0) is 55.5 Å². The monoisotopic (exact) mass is 386 g/mol. The Morgan fingerprint density at radius 2 is 1.81 bits per heavy atom. The van der Waals surface area contributed by atoms with Crippen molar-refractivity contribution in [3.63, 3.8) is 0 Å². The fourth-order valence-electron chi connectivity index (χ4n) is 3.49. The second-order valence-electron chi connectivity index (χ2n) is 7.28. The van der Waals surface area contributed by atoms with Gasteiger partial charge in [-0.2, -0.15) is 0 Å². The molecule has 144 valence electrons. The Kier molecular flexibility index (Phi) is 5.97. The molecule has 1 fully saturated rings. The minimum Gasteiger partial charge on any atom is -0.338 e. The molecule has 0 saturated carbocycles. The van der Waals surface area contributed by atoms with Crippen molar-refractivity contribution < 1.29 is 13.2 Å². The zero-order valence-corrected chi connectivity index (χ0v) is 16.4. The third kappa shape index (κ3) is 4.76. The second-order valence-corrected chi connectivity index (χ2v) is 9.27. The summed E-state index contributed by atoms with van der Waals surface area (Å²) in [6.45, 7) is 3.35. The first-order valence-corrected chi connectivity index (χ1v) is 10.9. The number of hydrogen-bond donors (Lipinski definition) is 1. The highest BCUT2D eigenvalue weighted by molar-refractivity contribution is 7.90. The van der Waals surface area contributed by atoms with E-state index in [1.165, 1.54) is 12.1 Å². The highest BCUT2D eigenvalue weighted by atomic mass is 32.2. The molecule has 3 rings (SSSR count). The lowest BCUT2D eigenvalue weighted by molar-refractivity contribution is 0.0661. The Hall–Kier alpha value is -2.18. The van der Waals surface area contributed by atoms with Crippen LogP contribution in [0.3, 0.4) is 0 Å². The van der Waals surface area contributed by atoms with E-state index in [1.54, 1.807) is 24.3 Å². The van der Waals surface area contributed by atoms with Gasteiger partial charge in [-0.1, -0.05) is 30.3 Å². The third-order valence-electron chi connectivity index (χ3n) is 5.15. The fraction of sp³-hybridized carbons (Fsp3) is 0.381. The number of hydrogen-bond acceptors (Lipinski definition) is 4. The number of carbonyl (C=O) groups excluding carboxylic acids is 1. The van der Waals surface area contributed by atoms with E-state index in [0.717, 1.165) is 24.9 Å². The average molecular weight is 387 g/mol. The van der Waals surface area contributed by atoms with Gasteiger partial charge in [0, 0.05) is 24.7 Å². The van der Waals surface area contributed by atoms with Gasteiger partial charge in [0.1, 0.15) is 0 Å². The molecule has 1 amide bonds. The molecule has 1 heterocycles. The van der Waals surface area contributed by atoms with Crippen molar-refractivity contribution >= 4 is 15.7 Å². The van der Waals surface area contributed by atoms with Crippen molar-refractivity contribution in [1.29, 1.82) is 0 Å². The Labute approximate surface area is 161 Å². The number of sulfone groups is 1. The maximum atomic E-state index is 12.8. The van der Waals surface area contributed by atoms with Gasteiger partial charge in [0.25, 0.3) is 5.91 Å². The summed E-state index contributed by atoms with van der Waals surface area (Å²) in [5.74, 6) is 0.198. The molecule has 0 spiro atoms. The molecule has 1 aliphatic heterocycles. The standard InChI is InChI=1S/C21H26N2O3S/c1-16(22)19-8-5-13-23(14-19)21(24)18-9-11-20(12-10-18)27(25,26)15-17-6-3-2-4-7-17/h2-4,6-7,9-12,16,19H,5,8,13-15,22H2,1H3/t16-,19+/m1/s1. The summed E-state index contributed by atoms with van der Waals surface area (Å²) >= 11 is 0. The van der Waals surface area contributed by atoms with Crippen molar-refractivity contribution in [1.82, 2.24) is 4.90 Å². The van der Waals surface area contributed by atoms with E-state index in [-0.39, 0.29) is 22.6 Å². The van der Waals surface area contributed by atoms with E-state index >= 15 is 0 Å². The van der Waals surface area contributed by atoms with E-state index in [0.29, 0.717) is 18.0 Å². The number of rotatable bonds is 5. The normalized spacial score (nSPS) is 18.9. The largest absolute Gasteiger partial charge is 0.338 e. The number of nitrogens with two attached hydrogens (primary N) is 1. The van der Waals surface area contributed by atoms with Crippen molar-refractivity contribution in [2.24, 2.45) is 11.7 Å². The first-order chi connectivity index (χ1) is 12.9. The SMILES string of the molecule is C[C@@H](N)[C@H]1CCCN(C(=O)c2ccc(S(=O)(=O)Cc3ccccc3)cc2)C1. The van der Waals surface area contributed by atoms with E-state index < -0.39 is 9.84 Å².